The van der Waals surface area contributed by atoms with E-state index in [1.54, 1.807) is 19.9 Å². The largest absolute Gasteiger partial charge is 0.465 e. The van der Waals surface area contributed by atoms with Crippen LogP contribution in [0.15, 0.2) is 18.2 Å². The number of ether oxygens (including phenoxy) is 1. The molecule has 0 saturated heterocycles. The molecule has 0 atom stereocenters. The van der Waals surface area contributed by atoms with Gasteiger partial charge in [0, 0.05) is 13.1 Å². The zero-order valence-electron chi connectivity index (χ0n) is 12.4. The van der Waals surface area contributed by atoms with Crippen LogP contribution < -0.4 is 0 Å². The van der Waals surface area contributed by atoms with Crippen molar-refractivity contribution in [2.75, 3.05) is 20.2 Å². The van der Waals surface area contributed by atoms with Crippen LogP contribution >= 0.6 is 0 Å². The van der Waals surface area contributed by atoms with Crippen LogP contribution in [0.5, 0.6) is 0 Å². The van der Waals surface area contributed by atoms with Gasteiger partial charge >= 0.3 is 5.97 Å². The van der Waals surface area contributed by atoms with Gasteiger partial charge in [-0.05, 0) is 38.1 Å². The molecule has 0 fully saturated rings. The SMILES string of the molecule is CCN(Cc1ccc(C(=O)OC)c(F)c1)CC(C)(C)O. The smallest absolute Gasteiger partial charge is 0.340 e. The fourth-order valence-electron chi connectivity index (χ4n) is 2.02. The lowest BCUT2D eigenvalue weighted by Gasteiger charge is -2.28. The number of hydrogen-bond acceptors (Lipinski definition) is 4. The third-order valence-electron chi connectivity index (χ3n) is 2.90. The molecule has 112 valence electrons. The van der Waals surface area contributed by atoms with Crippen LogP contribution in [0, 0.1) is 5.82 Å². The van der Waals surface area contributed by atoms with Gasteiger partial charge in [-0.2, -0.15) is 0 Å². The van der Waals surface area contributed by atoms with Crippen molar-refractivity contribution in [2.24, 2.45) is 0 Å². The highest BCUT2D eigenvalue weighted by molar-refractivity contribution is 5.89. The zero-order valence-corrected chi connectivity index (χ0v) is 12.4. The van der Waals surface area contributed by atoms with E-state index in [-0.39, 0.29) is 5.56 Å². The number of halogens is 1. The molecule has 5 heteroatoms. The Hall–Kier alpha value is -1.46. The highest BCUT2D eigenvalue weighted by Gasteiger charge is 2.18. The highest BCUT2D eigenvalue weighted by atomic mass is 19.1. The van der Waals surface area contributed by atoms with Gasteiger partial charge in [0.05, 0.1) is 18.3 Å². The summed E-state index contributed by atoms with van der Waals surface area (Å²) in [4.78, 5) is 13.3. The standard InChI is InChI=1S/C15H22FNO3/c1-5-17(10-15(2,3)19)9-11-6-7-12(13(16)8-11)14(18)20-4/h6-8,19H,5,9-10H2,1-4H3. The third-order valence-corrected chi connectivity index (χ3v) is 2.90. The first-order chi connectivity index (χ1) is 9.26. The second-order valence-corrected chi connectivity index (χ2v) is 5.42. The van der Waals surface area contributed by atoms with Gasteiger partial charge in [0.2, 0.25) is 0 Å². The van der Waals surface area contributed by atoms with Gasteiger partial charge < -0.3 is 9.84 Å². The summed E-state index contributed by atoms with van der Waals surface area (Å²) in [6, 6.07) is 4.45. The molecular weight excluding hydrogens is 261 g/mol. The normalized spacial score (nSPS) is 11.8. The molecule has 1 rings (SSSR count). The summed E-state index contributed by atoms with van der Waals surface area (Å²) in [6.45, 7) is 7.19. The van der Waals surface area contributed by atoms with Crippen molar-refractivity contribution in [3.8, 4) is 0 Å². The monoisotopic (exact) mass is 283 g/mol. The Morgan fingerprint density at radius 2 is 2.10 bits per heavy atom. The molecule has 1 N–H and O–H groups in total. The summed E-state index contributed by atoms with van der Waals surface area (Å²) in [6.07, 6.45) is 0. The van der Waals surface area contributed by atoms with Crippen LogP contribution in [0.25, 0.3) is 0 Å². The average Bonchev–Trinajstić information content (AvgIpc) is 2.35. The van der Waals surface area contributed by atoms with Crippen LogP contribution in [-0.4, -0.2) is 41.8 Å². The number of nitrogens with zero attached hydrogens (tertiary/aromatic N) is 1. The number of carbonyl (C=O) groups excluding carboxylic acids is 1. The molecule has 0 aromatic heterocycles. The second-order valence-electron chi connectivity index (χ2n) is 5.42. The number of carbonyl (C=O) groups is 1. The lowest BCUT2D eigenvalue weighted by atomic mass is 10.1. The van der Waals surface area contributed by atoms with Crippen molar-refractivity contribution in [3.63, 3.8) is 0 Å². The summed E-state index contributed by atoms with van der Waals surface area (Å²) >= 11 is 0. The fourth-order valence-corrected chi connectivity index (χ4v) is 2.02. The molecule has 0 saturated carbocycles. The number of benzene rings is 1. The number of likely N-dealkylation sites (N-methyl/N-ethyl adjacent to an activating group) is 1. The Kier molecular flexibility index (Phi) is 5.65. The summed E-state index contributed by atoms with van der Waals surface area (Å²) in [5, 5.41) is 9.82. The van der Waals surface area contributed by atoms with Gasteiger partial charge in [0.15, 0.2) is 0 Å². The van der Waals surface area contributed by atoms with Gasteiger partial charge in [-0.1, -0.05) is 13.0 Å². The molecule has 0 spiro atoms. The molecule has 0 amide bonds. The Morgan fingerprint density at radius 1 is 1.45 bits per heavy atom. The average molecular weight is 283 g/mol. The van der Waals surface area contributed by atoms with Crippen molar-refractivity contribution in [3.05, 3.63) is 35.1 Å². The zero-order chi connectivity index (χ0) is 15.3. The van der Waals surface area contributed by atoms with Crippen LogP contribution in [0.4, 0.5) is 4.39 Å². The lowest BCUT2D eigenvalue weighted by Crippen LogP contribution is -2.38. The van der Waals surface area contributed by atoms with Crippen molar-refractivity contribution in [1.82, 2.24) is 4.90 Å². The summed E-state index contributed by atoms with van der Waals surface area (Å²) in [7, 11) is 1.22. The quantitative estimate of drug-likeness (QED) is 0.813. The van der Waals surface area contributed by atoms with E-state index in [2.05, 4.69) is 4.74 Å². The lowest BCUT2D eigenvalue weighted by molar-refractivity contribution is 0.0353. The predicted octanol–water partition coefficient (Wildman–Crippen LogP) is 2.21. The minimum atomic E-state index is -0.805. The minimum absolute atomic E-state index is 0.0678. The van der Waals surface area contributed by atoms with E-state index in [0.717, 1.165) is 12.1 Å². The van der Waals surface area contributed by atoms with E-state index >= 15 is 0 Å². The Balaban J connectivity index is 2.82. The molecule has 0 heterocycles. The van der Waals surface area contributed by atoms with Crippen LogP contribution in [0.1, 0.15) is 36.7 Å². The van der Waals surface area contributed by atoms with Crippen molar-refractivity contribution >= 4 is 5.97 Å². The topological polar surface area (TPSA) is 49.8 Å². The van der Waals surface area contributed by atoms with Gasteiger partial charge in [-0.15, -0.1) is 0 Å². The summed E-state index contributed by atoms with van der Waals surface area (Å²) < 4.78 is 18.3. The molecular formula is C15H22FNO3. The summed E-state index contributed by atoms with van der Waals surface area (Å²) in [5.74, 6) is -1.27. The summed E-state index contributed by atoms with van der Waals surface area (Å²) in [5.41, 5.74) is -0.122. The van der Waals surface area contributed by atoms with Gasteiger partial charge in [0.25, 0.3) is 0 Å². The molecule has 0 bridgehead atoms. The number of rotatable bonds is 6. The Bertz CT molecular complexity index is 469. The molecule has 0 aliphatic heterocycles. The first-order valence-corrected chi connectivity index (χ1v) is 6.58. The van der Waals surface area contributed by atoms with Crippen molar-refractivity contribution in [2.45, 2.75) is 32.9 Å². The van der Waals surface area contributed by atoms with Crippen molar-refractivity contribution in [1.29, 1.82) is 0 Å². The van der Waals surface area contributed by atoms with E-state index in [1.165, 1.54) is 19.2 Å². The molecule has 0 unspecified atom stereocenters. The maximum absolute atomic E-state index is 13.8. The van der Waals surface area contributed by atoms with Crippen molar-refractivity contribution < 1.29 is 19.0 Å². The predicted molar refractivity (Wildman–Crippen MR) is 75.0 cm³/mol. The van der Waals surface area contributed by atoms with E-state index in [0.29, 0.717) is 13.1 Å². The first-order valence-electron chi connectivity index (χ1n) is 6.58. The maximum Gasteiger partial charge on any atom is 0.340 e. The van der Waals surface area contributed by atoms with E-state index < -0.39 is 17.4 Å². The third kappa shape index (κ3) is 4.90. The second kappa shape index (κ2) is 6.81. The van der Waals surface area contributed by atoms with Gasteiger partial charge in [-0.3, -0.25) is 4.90 Å². The highest BCUT2D eigenvalue weighted by Crippen LogP contribution is 2.15. The molecule has 1 aromatic carbocycles. The van der Waals surface area contributed by atoms with Crippen LogP contribution in [0.2, 0.25) is 0 Å². The number of aliphatic hydroxyl groups is 1. The number of esters is 1. The number of hydrogen-bond donors (Lipinski definition) is 1. The minimum Gasteiger partial charge on any atom is -0.465 e. The fraction of sp³-hybridized carbons (Fsp3) is 0.533. The Morgan fingerprint density at radius 3 is 2.55 bits per heavy atom. The van der Waals surface area contributed by atoms with Crippen LogP contribution in [-0.2, 0) is 11.3 Å². The van der Waals surface area contributed by atoms with Gasteiger partial charge in [-0.25, -0.2) is 9.18 Å². The molecule has 0 aliphatic rings. The van der Waals surface area contributed by atoms with E-state index in [1.807, 2.05) is 11.8 Å². The molecule has 0 radical (unpaired) electrons. The maximum atomic E-state index is 13.8. The Labute approximate surface area is 119 Å². The van der Waals surface area contributed by atoms with Crippen LogP contribution in [0.3, 0.4) is 0 Å². The first kappa shape index (κ1) is 16.6. The molecule has 20 heavy (non-hydrogen) atoms. The molecule has 1 aromatic rings. The molecule has 0 aliphatic carbocycles. The van der Waals surface area contributed by atoms with Gasteiger partial charge in [0.1, 0.15) is 5.82 Å². The molecule has 4 nitrogen and oxygen atoms in total. The number of methoxy groups -OCH3 is 1. The van der Waals surface area contributed by atoms with E-state index in [9.17, 15) is 14.3 Å². The van der Waals surface area contributed by atoms with E-state index in [4.69, 9.17) is 0 Å².